The van der Waals surface area contributed by atoms with Crippen LogP contribution >= 0.6 is 22.6 Å². The fraction of sp³-hybridized carbons (Fsp3) is 0.100. The van der Waals surface area contributed by atoms with Crippen LogP contribution in [0.15, 0.2) is 18.2 Å². The average Bonchev–Trinajstić information content (AvgIpc) is 2.17. The van der Waals surface area contributed by atoms with Gasteiger partial charge < -0.3 is 5.73 Å². The molecule has 1 aromatic carbocycles. The van der Waals surface area contributed by atoms with E-state index >= 15 is 0 Å². The SMILES string of the molecule is Cc1nc2c(F)cccc2c(N)c1I. The van der Waals surface area contributed by atoms with Gasteiger partial charge in [-0.05, 0) is 35.6 Å². The number of rotatable bonds is 0. The van der Waals surface area contributed by atoms with Gasteiger partial charge in [0, 0.05) is 5.39 Å². The maximum atomic E-state index is 13.4. The fourth-order valence-electron chi connectivity index (χ4n) is 1.38. The molecular weight excluding hydrogens is 294 g/mol. The zero-order chi connectivity index (χ0) is 10.3. The van der Waals surface area contributed by atoms with Gasteiger partial charge in [0.2, 0.25) is 0 Å². The van der Waals surface area contributed by atoms with E-state index in [0.717, 1.165) is 9.26 Å². The summed E-state index contributed by atoms with van der Waals surface area (Å²) < 4.78 is 14.2. The molecule has 0 bridgehead atoms. The average molecular weight is 302 g/mol. The summed E-state index contributed by atoms with van der Waals surface area (Å²) >= 11 is 2.12. The van der Waals surface area contributed by atoms with Crippen LogP contribution in [0.25, 0.3) is 10.9 Å². The standard InChI is InChI=1S/C10H8FIN2/c1-5-8(12)9(13)6-3-2-4-7(11)10(6)14-5/h2-4H,1H3,(H2,13,14). The molecule has 2 nitrogen and oxygen atoms in total. The number of fused-ring (bicyclic) bond motifs is 1. The summed E-state index contributed by atoms with van der Waals surface area (Å²) in [4.78, 5) is 4.17. The van der Waals surface area contributed by atoms with Crippen LogP contribution in [0.3, 0.4) is 0 Å². The van der Waals surface area contributed by atoms with E-state index in [1.807, 2.05) is 6.92 Å². The van der Waals surface area contributed by atoms with E-state index in [0.29, 0.717) is 16.6 Å². The van der Waals surface area contributed by atoms with Crippen molar-refractivity contribution in [3.05, 3.63) is 33.3 Å². The normalized spacial score (nSPS) is 10.8. The maximum Gasteiger partial charge on any atom is 0.149 e. The van der Waals surface area contributed by atoms with Gasteiger partial charge in [-0.25, -0.2) is 9.37 Å². The molecule has 4 heteroatoms. The summed E-state index contributed by atoms with van der Waals surface area (Å²) in [5.74, 6) is -0.325. The minimum Gasteiger partial charge on any atom is -0.397 e. The molecule has 0 spiro atoms. The zero-order valence-corrected chi connectivity index (χ0v) is 9.67. The molecule has 72 valence electrons. The number of para-hydroxylation sites is 1. The first-order valence-corrected chi connectivity index (χ1v) is 5.19. The lowest BCUT2D eigenvalue weighted by Gasteiger charge is -2.07. The fourth-order valence-corrected chi connectivity index (χ4v) is 1.79. The highest BCUT2D eigenvalue weighted by atomic mass is 127. The zero-order valence-electron chi connectivity index (χ0n) is 7.51. The number of nitrogens with two attached hydrogens (primary N) is 1. The second-order valence-electron chi connectivity index (χ2n) is 3.06. The predicted octanol–water partition coefficient (Wildman–Crippen LogP) is 2.87. The Bertz CT molecular complexity index is 511. The summed E-state index contributed by atoms with van der Waals surface area (Å²) in [5.41, 5.74) is 7.59. The van der Waals surface area contributed by atoms with E-state index in [1.54, 1.807) is 12.1 Å². The number of nitrogen functional groups attached to an aromatic ring is 1. The number of aromatic nitrogens is 1. The quantitative estimate of drug-likeness (QED) is 0.760. The van der Waals surface area contributed by atoms with Crippen LogP contribution < -0.4 is 5.73 Å². The Kier molecular flexibility index (Phi) is 2.30. The summed E-state index contributed by atoms with van der Waals surface area (Å²) in [6.07, 6.45) is 0. The molecule has 0 atom stereocenters. The monoisotopic (exact) mass is 302 g/mol. The van der Waals surface area contributed by atoms with Gasteiger partial charge in [-0.3, -0.25) is 0 Å². The molecule has 0 unspecified atom stereocenters. The Morgan fingerprint density at radius 1 is 1.43 bits per heavy atom. The van der Waals surface area contributed by atoms with E-state index in [9.17, 15) is 4.39 Å². The predicted molar refractivity (Wildman–Crippen MR) is 63.6 cm³/mol. The molecule has 0 amide bonds. The van der Waals surface area contributed by atoms with E-state index in [4.69, 9.17) is 5.73 Å². The van der Waals surface area contributed by atoms with Crippen LogP contribution in [0.1, 0.15) is 5.69 Å². The number of nitrogens with zero attached hydrogens (tertiary/aromatic N) is 1. The van der Waals surface area contributed by atoms with Crippen molar-refractivity contribution in [2.24, 2.45) is 0 Å². The van der Waals surface area contributed by atoms with Crippen molar-refractivity contribution >= 4 is 39.2 Å². The third kappa shape index (κ3) is 1.33. The van der Waals surface area contributed by atoms with Crippen molar-refractivity contribution in [2.45, 2.75) is 6.92 Å². The first-order chi connectivity index (χ1) is 6.61. The molecule has 0 aliphatic rings. The molecule has 0 radical (unpaired) electrons. The van der Waals surface area contributed by atoms with Gasteiger partial charge in [-0.1, -0.05) is 12.1 Å². The number of hydrogen-bond donors (Lipinski definition) is 1. The van der Waals surface area contributed by atoms with Gasteiger partial charge in [0.15, 0.2) is 0 Å². The van der Waals surface area contributed by atoms with Crippen molar-refractivity contribution in [3.63, 3.8) is 0 Å². The summed E-state index contributed by atoms with van der Waals surface area (Å²) in [7, 11) is 0. The minimum atomic E-state index is -0.325. The molecule has 0 saturated heterocycles. The highest BCUT2D eigenvalue weighted by Gasteiger charge is 2.09. The Balaban J connectivity index is 2.98. The number of halogens is 2. The molecule has 0 aliphatic heterocycles. The van der Waals surface area contributed by atoms with Crippen LogP contribution in [0.5, 0.6) is 0 Å². The van der Waals surface area contributed by atoms with Crippen LogP contribution in [0, 0.1) is 16.3 Å². The molecule has 2 N–H and O–H groups in total. The molecule has 0 fully saturated rings. The lowest BCUT2D eigenvalue weighted by atomic mass is 10.1. The van der Waals surface area contributed by atoms with E-state index in [-0.39, 0.29) is 5.82 Å². The summed E-state index contributed by atoms with van der Waals surface area (Å²) in [6, 6.07) is 4.81. The van der Waals surface area contributed by atoms with Gasteiger partial charge in [0.25, 0.3) is 0 Å². The Morgan fingerprint density at radius 3 is 2.86 bits per heavy atom. The van der Waals surface area contributed by atoms with Gasteiger partial charge >= 0.3 is 0 Å². The van der Waals surface area contributed by atoms with Gasteiger partial charge in [-0.15, -0.1) is 0 Å². The molecule has 2 aromatic rings. The van der Waals surface area contributed by atoms with Crippen molar-refractivity contribution in [3.8, 4) is 0 Å². The molecule has 1 aromatic heterocycles. The minimum absolute atomic E-state index is 0.325. The van der Waals surface area contributed by atoms with Crippen molar-refractivity contribution in [2.75, 3.05) is 5.73 Å². The first kappa shape index (κ1) is 9.64. The van der Waals surface area contributed by atoms with Gasteiger partial charge in [0.05, 0.1) is 15.0 Å². The highest BCUT2D eigenvalue weighted by molar-refractivity contribution is 14.1. The Hall–Kier alpha value is -0.910. The number of aryl methyl sites for hydroxylation is 1. The molecule has 2 rings (SSSR count). The second-order valence-corrected chi connectivity index (χ2v) is 4.14. The van der Waals surface area contributed by atoms with Gasteiger partial charge in [0.1, 0.15) is 11.3 Å². The van der Waals surface area contributed by atoms with E-state index < -0.39 is 0 Å². The first-order valence-electron chi connectivity index (χ1n) is 4.11. The largest absolute Gasteiger partial charge is 0.397 e. The van der Waals surface area contributed by atoms with E-state index in [2.05, 4.69) is 27.6 Å². The smallest absolute Gasteiger partial charge is 0.149 e. The second kappa shape index (κ2) is 3.34. The van der Waals surface area contributed by atoms with Crippen LogP contribution in [-0.2, 0) is 0 Å². The van der Waals surface area contributed by atoms with Crippen LogP contribution in [0.2, 0.25) is 0 Å². The molecule has 0 aliphatic carbocycles. The number of pyridine rings is 1. The number of benzene rings is 1. The molecule has 0 saturated carbocycles. The van der Waals surface area contributed by atoms with Crippen molar-refractivity contribution in [1.29, 1.82) is 0 Å². The lowest BCUT2D eigenvalue weighted by molar-refractivity contribution is 0.636. The van der Waals surface area contributed by atoms with Crippen LogP contribution in [0.4, 0.5) is 10.1 Å². The third-order valence-corrected chi connectivity index (χ3v) is 3.47. The molecular formula is C10H8FIN2. The molecule has 14 heavy (non-hydrogen) atoms. The summed E-state index contributed by atoms with van der Waals surface area (Å²) in [6.45, 7) is 1.82. The van der Waals surface area contributed by atoms with Gasteiger partial charge in [-0.2, -0.15) is 0 Å². The highest BCUT2D eigenvalue weighted by Crippen LogP contribution is 2.27. The Labute approximate surface area is 94.5 Å². The number of hydrogen-bond acceptors (Lipinski definition) is 2. The topological polar surface area (TPSA) is 38.9 Å². The van der Waals surface area contributed by atoms with E-state index in [1.165, 1.54) is 6.07 Å². The van der Waals surface area contributed by atoms with Crippen molar-refractivity contribution in [1.82, 2.24) is 4.98 Å². The Morgan fingerprint density at radius 2 is 2.14 bits per heavy atom. The third-order valence-electron chi connectivity index (χ3n) is 2.11. The lowest BCUT2D eigenvalue weighted by Crippen LogP contribution is -1.98. The summed E-state index contributed by atoms with van der Waals surface area (Å²) in [5, 5.41) is 0.681. The maximum absolute atomic E-state index is 13.4. The van der Waals surface area contributed by atoms with Crippen molar-refractivity contribution < 1.29 is 4.39 Å². The molecule has 1 heterocycles. The van der Waals surface area contributed by atoms with Crippen LogP contribution in [-0.4, -0.2) is 4.98 Å². The number of anilines is 1.